The minimum absolute atomic E-state index is 0.880. The van der Waals surface area contributed by atoms with Crippen molar-refractivity contribution in [1.29, 1.82) is 0 Å². The number of aromatic nitrogens is 2. The second-order valence-electron chi connectivity index (χ2n) is 4.08. The van der Waals surface area contributed by atoms with Gasteiger partial charge in [-0.1, -0.05) is 29.3 Å². The Kier molecular flexibility index (Phi) is 5.32. The summed E-state index contributed by atoms with van der Waals surface area (Å²) in [7, 11) is 2.03. The maximum absolute atomic E-state index is 4.50. The van der Waals surface area contributed by atoms with Gasteiger partial charge in [0.25, 0.3) is 0 Å². The number of unbranched alkanes of at least 4 members (excludes halogenated alkanes) is 1. The van der Waals surface area contributed by atoms with Gasteiger partial charge >= 0.3 is 0 Å². The summed E-state index contributed by atoms with van der Waals surface area (Å²) in [6.45, 7) is 8.67. The third kappa shape index (κ3) is 2.78. The van der Waals surface area contributed by atoms with Crippen molar-refractivity contribution in [2.45, 2.75) is 38.9 Å². The Hall–Kier alpha value is -0.510. The lowest BCUT2D eigenvalue weighted by Crippen LogP contribution is -2.27. The van der Waals surface area contributed by atoms with Crippen molar-refractivity contribution in [3.63, 3.8) is 0 Å². The van der Waals surface area contributed by atoms with Crippen LogP contribution in [0.3, 0.4) is 0 Å². The van der Waals surface area contributed by atoms with E-state index in [4.69, 9.17) is 0 Å². The second kappa shape index (κ2) is 6.28. The molecule has 1 aromatic rings. The van der Waals surface area contributed by atoms with E-state index >= 15 is 0 Å². The molecule has 0 bridgehead atoms. The van der Waals surface area contributed by atoms with E-state index in [1.54, 1.807) is 0 Å². The molecule has 4 heteroatoms. The zero-order chi connectivity index (χ0) is 12.1. The van der Waals surface area contributed by atoms with E-state index in [2.05, 4.69) is 46.7 Å². The van der Waals surface area contributed by atoms with Gasteiger partial charge in [0, 0.05) is 31.0 Å². The van der Waals surface area contributed by atoms with Crippen LogP contribution in [0.4, 0.5) is 5.82 Å². The molecule has 0 aliphatic rings. The van der Waals surface area contributed by atoms with Crippen molar-refractivity contribution >= 4 is 21.7 Å². The van der Waals surface area contributed by atoms with Crippen molar-refractivity contribution in [3.8, 4) is 0 Å². The molecule has 0 N–H and O–H groups in total. The number of alkyl halides is 1. The fourth-order valence-corrected chi connectivity index (χ4v) is 2.66. The van der Waals surface area contributed by atoms with Crippen molar-refractivity contribution in [3.05, 3.63) is 11.3 Å². The number of aryl methyl sites for hydroxylation is 2. The first kappa shape index (κ1) is 13.6. The molecule has 0 saturated carbocycles. The maximum atomic E-state index is 4.50. The number of halogens is 1. The summed E-state index contributed by atoms with van der Waals surface area (Å²) >= 11 is 3.56. The van der Waals surface area contributed by atoms with Gasteiger partial charge in [0.1, 0.15) is 5.82 Å². The van der Waals surface area contributed by atoms with E-state index in [1.807, 2.05) is 11.7 Å². The lowest BCUT2D eigenvalue weighted by Gasteiger charge is -2.24. The molecule has 1 rings (SSSR count). The summed E-state index contributed by atoms with van der Waals surface area (Å²) in [5, 5.41) is 5.38. The Morgan fingerprint density at radius 1 is 1.38 bits per heavy atom. The lowest BCUT2D eigenvalue weighted by atomic mass is 10.2. The summed E-state index contributed by atoms with van der Waals surface area (Å²) in [6.07, 6.45) is 2.47. The molecular weight excluding hydrogens is 266 g/mol. The molecule has 0 saturated heterocycles. The Morgan fingerprint density at radius 3 is 2.56 bits per heavy atom. The Labute approximate surface area is 107 Å². The molecule has 0 aliphatic heterocycles. The molecule has 0 radical (unpaired) electrons. The highest BCUT2D eigenvalue weighted by Crippen LogP contribution is 2.25. The number of nitrogens with zero attached hydrogens (tertiary/aromatic N) is 3. The molecule has 0 spiro atoms. The molecule has 0 aliphatic carbocycles. The van der Waals surface area contributed by atoms with E-state index in [9.17, 15) is 0 Å². The number of rotatable bonds is 6. The molecule has 1 aromatic heterocycles. The zero-order valence-corrected chi connectivity index (χ0v) is 12.3. The third-order valence-electron chi connectivity index (χ3n) is 2.91. The first-order valence-electron chi connectivity index (χ1n) is 5.99. The van der Waals surface area contributed by atoms with Crippen LogP contribution in [0.25, 0.3) is 0 Å². The third-order valence-corrected chi connectivity index (χ3v) is 3.47. The van der Waals surface area contributed by atoms with E-state index in [-0.39, 0.29) is 0 Å². The van der Waals surface area contributed by atoms with Crippen molar-refractivity contribution < 1.29 is 0 Å². The average Bonchev–Trinajstić information content (AvgIpc) is 2.55. The van der Waals surface area contributed by atoms with Crippen molar-refractivity contribution in [2.24, 2.45) is 7.05 Å². The fraction of sp³-hybridized carbons (Fsp3) is 0.750. The highest BCUT2D eigenvalue weighted by atomic mass is 79.9. The number of hydrogen-bond acceptors (Lipinski definition) is 2. The Balaban J connectivity index is 2.98. The largest absolute Gasteiger partial charge is 0.357 e. The molecule has 1 heterocycles. The minimum atomic E-state index is 0.880. The predicted octanol–water partition coefficient (Wildman–Crippen LogP) is 3.25. The highest BCUT2D eigenvalue weighted by molar-refractivity contribution is 9.08. The van der Waals surface area contributed by atoms with Gasteiger partial charge in [-0.3, -0.25) is 4.68 Å². The molecule has 16 heavy (non-hydrogen) atoms. The highest BCUT2D eigenvalue weighted by Gasteiger charge is 2.16. The first-order valence-corrected chi connectivity index (χ1v) is 7.11. The van der Waals surface area contributed by atoms with Gasteiger partial charge in [-0.05, 0) is 20.3 Å². The normalized spacial score (nSPS) is 10.8. The van der Waals surface area contributed by atoms with Gasteiger partial charge in [0.15, 0.2) is 0 Å². The van der Waals surface area contributed by atoms with Crippen LogP contribution in [-0.2, 0) is 12.4 Å². The van der Waals surface area contributed by atoms with E-state index in [1.165, 1.54) is 24.2 Å². The molecule has 0 amide bonds. The summed E-state index contributed by atoms with van der Waals surface area (Å²) in [4.78, 5) is 2.42. The van der Waals surface area contributed by atoms with Crippen LogP contribution in [0.5, 0.6) is 0 Å². The summed E-state index contributed by atoms with van der Waals surface area (Å²) in [6, 6.07) is 0. The quantitative estimate of drug-likeness (QED) is 0.749. The maximum Gasteiger partial charge on any atom is 0.130 e. The summed E-state index contributed by atoms with van der Waals surface area (Å²) < 4.78 is 2.01. The molecule has 92 valence electrons. The minimum Gasteiger partial charge on any atom is -0.357 e. The van der Waals surface area contributed by atoms with Crippen LogP contribution in [0.15, 0.2) is 0 Å². The molecule has 0 aromatic carbocycles. The standard InChI is InChI=1S/C12H22BrN3/c1-5-7-8-16(6-2)12-11(9-13)10(3)14-15(12)4/h5-9H2,1-4H3. The monoisotopic (exact) mass is 287 g/mol. The summed E-state index contributed by atoms with van der Waals surface area (Å²) in [5.41, 5.74) is 2.45. The summed E-state index contributed by atoms with van der Waals surface area (Å²) in [5.74, 6) is 1.27. The number of anilines is 1. The van der Waals surface area contributed by atoms with Gasteiger partial charge in [-0.15, -0.1) is 0 Å². The van der Waals surface area contributed by atoms with Gasteiger partial charge in [-0.2, -0.15) is 5.10 Å². The van der Waals surface area contributed by atoms with Crippen LogP contribution >= 0.6 is 15.9 Å². The van der Waals surface area contributed by atoms with E-state index in [0.29, 0.717) is 0 Å². The molecule has 0 atom stereocenters. The van der Waals surface area contributed by atoms with Gasteiger partial charge < -0.3 is 4.90 Å². The first-order chi connectivity index (χ1) is 7.65. The van der Waals surface area contributed by atoms with Crippen LogP contribution in [-0.4, -0.2) is 22.9 Å². The Bertz CT molecular complexity index is 333. The fourth-order valence-electron chi connectivity index (χ4n) is 2.00. The molecule has 0 unspecified atom stereocenters. The predicted molar refractivity (Wildman–Crippen MR) is 73.4 cm³/mol. The van der Waals surface area contributed by atoms with Crippen LogP contribution < -0.4 is 4.90 Å². The second-order valence-corrected chi connectivity index (χ2v) is 4.64. The van der Waals surface area contributed by atoms with Gasteiger partial charge in [-0.25, -0.2) is 0 Å². The smallest absolute Gasteiger partial charge is 0.130 e. The SMILES string of the molecule is CCCCN(CC)c1c(CBr)c(C)nn1C. The van der Waals surface area contributed by atoms with Crippen molar-refractivity contribution in [1.82, 2.24) is 9.78 Å². The molecular formula is C12H22BrN3. The van der Waals surface area contributed by atoms with E-state index in [0.717, 1.165) is 24.1 Å². The Morgan fingerprint density at radius 2 is 2.06 bits per heavy atom. The number of hydrogen-bond donors (Lipinski definition) is 0. The molecule has 0 fully saturated rings. The van der Waals surface area contributed by atoms with Crippen LogP contribution in [0.2, 0.25) is 0 Å². The molecule has 3 nitrogen and oxygen atoms in total. The van der Waals surface area contributed by atoms with Crippen LogP contribution in [0.1, 0.15) is 37.9 Å². The average molecular weight is 288 g/mol. The topological polar surface area (TPSA) is 21.1 Å². The zero-order valence-electron chi connectivity index (χ0n) is 10.8. The van der Waals surface area contributed by atoms with Crippen molar-refractivity contribution in [2.75, 3.05) is 18.0 Å². The lowest BCUT2D eigenvalue weighted by molar-refractivity contribution is 0.676. The van der Waals surface area contributed by atoms with E-state index < -0.39 is 0 Å². The van der Waals surface area contributed by atoms with Crippen LogP contribution in [0, 0.1) is 6.92 Å². The van der Waals surface area contributed by atoms with Gasteiger partial charge in [0.2, 0.25) is 0 Å². The van der Waals surface area contributed by atoms with Gasteiger partial charge in [0.05, 0.1) is 5.69 Å².